The molecule has 1 rings (SSSR count). The highest BCUT2D eigenvalue weighted by Gasteiger charge is 2.13. The first kappa shape index (κ1) is 11.0. The van der Waals surface area contributed by atoms with Gasteiger partial charge in [-0.25, -0.2) is 0 Å². The molecule has 1 aromatic rings. The fourth-order valence-corrected chi connectivity index (χ4v) is 1.76. The molecule has 13 heavy (non-hydrogen) atoms. The maximum Gasteiger partial charge on any atom is 0.105 e. The van der Waals surface area contributed by atoms with Crippen molar-refractivity contribution in [2.75, 3.05) is 20.6 Å². The van der Waals surface area contributed by atoms with E-state index in [4.69, 9.17) is 0 Å². The topological polar surface area (TPSA) is 0 Å². The van der Waals surface area contributed by atoms with Crippen LogP contribution in [0, 0.1) is 3.57 Å². The van der Waals surface area contributed by atoms with E-state index in [0.29, 0.717) is 0 Å². The van der Waals surface area contributed by atoms with Crippen molar-refractivity contribution in [3.8, 4) is 0 Å². The van der Waals surface area contributed by atoms with Crippen molar-refractivity contribution in [3.05, 3.63) is 33.4 Å². The lowest BCUT2D eigenvalue weighted by Crippen LogP contribution is -2.38. The fourth-order valence-electron chi connectivity index (χ4n) is 1.20. The van der Waals surface area contributed by atoms with Gasteiger partial charge < -0.3 is 4.48 Å². The van der Waals surface area contributed by atoms with Crippen molar-refractivity contribution in [1.29, 1.82) is 0 Å². The molecule has 0 saturated heterocycles. The van der Waals surface area contributed by atoms with Gasteiger partial charge in [-0.3, -0.25) is 0 Å². The van der Waals surface area contributed by atoms with Crippen molar-refractivity contribution in [2.45, 2.75) is 13.5 Å². The maximum atomic E-state index is 2.41. The van der Waals surface area contributed by atoms with Crippen molar-refractivity contribution in [3.63, 3.8) is 0 Å². The van der Waals surface area contributed by atoms with Crippen LogP contribution in [0.5, 0.6) is 0 Å². The Balaban J connectivity index is 2.80. The Kier molecular flexibility index (Phi) is 3.74. The first-order chi connectivity index (χ1) is 6.05. The molecule has 0 saturated carbocycles. The Bertz CT molecular complexity index is 281. The molecule has 0 aliphatic carbocycles. The molecule has 0 aliphatic rings. The van der Waals surface area contributed by atoms with E-state index < -0.39 is 0 Å². The van der Waals surface area contributed by atoms with Crippen LogP contribution >= 0.6 is 22.6 Å². The Morgan fingerprint density at radius 3 is 2.38 bits per heavy atom. The number of hydrogen-bond donors (Lipinski definition) is 0. The second kappa shape index (κ2) is 4.42. The van der Waals surface area contributed by atoms with E-state index >= 15 is 0 Å². The molecule has 0 heterocycles. The molecule has 0 fully saturated rings. The molecule has 2 heteroatoms. The van der Waals surface area contributed by atoms with Crippen molar-refractivity contribution in [2.24, 2.45) is 0 Å². The van der Waals surface area contributed by atoms with E-state index in [1.807, 2.05) is 0 Å². The highest BCUT2D eigenvalue weighted by molar-refractivity contribution is 14.1. The van der Waals surface area contributed by atoms with Crippen molar-refractivity contribution >= 4 is 22.6 Å². The maximum absolute atomic E-state index is 2.41. The third kappa shape index (κ3) is 3.27. The van der Waals surface area contributed by atoms with Gasteiger partial charge in [-0.05, 0) is 35.6 Å². The second-order valence-electron chi connectivity index (χ2n) is 4.00. The van der Waals surface area contributed by atoms with Crippen molar-refractivity contribution in [1.82, 2.24) is 0 Å². The normalized spacial score (nSPS) is 11.7. The summed E-state index contributed by atoms with van der Waals surface area (Å²) in [6, 6.07) is 8.60. The Morgan fingerprint density at radius 2 is 1.85 bits per heavy atom. The molecule has 0 bridgehead atoms. The summed E-state index contributed by atoms with van der Waals surface area (Å²) in [6.07, 6.45) is 0. The van der Waals surface area contributed by atoms with Crippen LogP contribution in [-0.4, -0.2) is 25.1 Å². The smallest absolute Gasteiger partial charge is 0.105 e. The van der Waals surface area contributed by atoms with Gasteiger partial charge >= 0.3 is 0 Å². The molecule has 0 aromatic heterocycles. The highest BCUT2D eigenvalue weighted by Crippen LogP contribution is 2.15. The van der Waals surface area contributed by atoms with E-state index in [2.05, 4.69) is 67.9 Å². The Hall–Kier alpha value is -0.0900. The molecule has 0 atom stereocenters. The summed E-state index contributed by atoms with van der Waals surface area (Å²) >= 11 is 2.41. The number of benzene rings is 1. The molecular formula is C11H17IN+. The van der Waals surface area contributed by atoms with Gasteiger partial charge in [0.1, 0.15) is 6.54 Å². The summed E-state index contributed by atoms with van der Waals surface area (Å²) in [5, 5.41) is 0. The van der Waals surface area contributed by atoms with Crippen LogP contribution in [0.3, 0.4) is 0 Å². The van der Waals surface area contributed by atoms with Gasteiger partial charge in [-0.1, -0.05) is 18.2 Å². The zero-order chi connectivity index (χ0) is 9.90. The van der Waals surface area contributed by atoms with Gasteiger partial charge in [0, 0.05) is 9.13 Å². The van der Waals surface area contributed by atoms with Gasteiger partial charge in [-0.15, -0.1) is 0 Å². The summed E-state index contributed by atoms with van der Waals surface area (Å²) in [4.78, 5) is 0. The predicted octanol–water partition coefficient (Wildman–Crippen LogP) is 2.89. The van der Waals surface area contributed by atoms with Crippen LogP contribution < -0.4 is 0 Å². The van der Waals surface area contributed by atoms with Gasteiger partial charge in [0.05, 0.1) is 20.6 Å². The van der Waals surface area contributed by atoms with Gasteiger partial charge in [0.2, 0.25) is 0 Å². The summed E-state index contributed by atoms with van der Waals surface area (Å²) in [5.74, 6) is 0. The highest BCUT2D eigenvalue weighted by atomic mass is 127. The molecule has 1 aromatic carbocycles. The number of hydrogen-bond acceptors (Lipinski definition) is 0. The fraction of sp³-hybridized carbons (Fsp3) is 0.455. The largest absolute Gasteiger partial charge is 0.325 e. The third-order valence-electron chi connectivity index (χ3n) is 2.41. The monoisotopic (exact) mass is 290 g/mol. The van der Waals surface area contributed by atoms with Crippen molar-refractivity contribution < 1.29 is 4.48 Å². The zero-order valence-corrected chi connectivity index (χ0v) is 10.7. The van der Waals surface area contributed by atoms with Crippen LogP contribution in [0.2, 0.25) is 0 Å². The summed E-state index contributed by atoms with van der Waals surface area (Å²) in [6.45, 7) is 4.52. The van der Waals surface area contributed by atoms with E-state index in [1.54, 1.807) is 0 Å². The third-order valence-corrected chi connectivity index (χ3v) is 3.46. The molecule has 0 aliphatic heterocycles. The van der Waals surface area contributed by atoms with Gasteiger partial charge in [0.25, 0.3) is 0 Å². The van der Waals surface area contributed by atoms with Crippen LogP contribution in [0.1, 0.15) is 12.5 Å². The minimum Gasteiger partial charge on any atom is -0.325 e. The number of nitrogens with zero attached hydrogens (tertiary/aromatic N) is 1. The van der Waals surface area contributed by atoms with E-state index in [0.717, 1.165) is 11.0 Å². The Labute approximate surface area is 94.5 Å². The number of halogens is 1. The first-order valence-corrected chi connectivity index (χ1v) is 5.68. The van der Waals surface area contributed by atoms with Crippen LogP contribution in [0.15, 0.2) is 24.3 Å². The lowest BCUT2D eigenvalue weighted by molar-refractivity contribution is -0.901. The summed E-state index contributed by atoms with van der Waals surface area (Å²) in [7, 11) is 4.53. The minimum atomic E-state index is 1.06. The molecule has 0 N–H and O–H groups in total. The molecule has 0 spiro atoms. The molecule has 72 valence electrons. The minimum absolute atomic E-state index is 1.06. The summed E-state index contributed by atoms with van der Waals surface area (Å²) < 4.78 is 2.43. The SMILES string of the molecule is CC[N+](C)(C)Cc1ccccc1I. The standard InChI is InChI=1S/C11H17IN/c1-4-13(2,3)9-10-7-5-6-8-11(10)12/h5-8H,4,9H2,1-3H3/q+1. The predicted molar refractivity (Wildman–Crippen MR) is 65.5 cm³/mol. The molecule has 0 radical (unpaired) electrons. The first-order valence-electron chi connectivity index (χ1n) is 4.60. The number of rotatable bonds is 3. The average molecular weight is 290 g/mol. The van der Waals surface area contributed by atoms with E-state index in [9.17, 15) is 0 Å². The molecule has 1 nitrogen and oxygen atoms in total. The van der Waals surface area contributed by atoms with E-state index in [1.165, 1.54) is 15.7 Å². The van der Waals surface area contributed by atoms with E-state index in [-0.39, 0.29) is 0 Å². The average Bonchev–Trinajstić information content (AvgIpc) is 2.09. The van der Waals surface area contributed by atoms with Crippen LogP contribution in [-0.2, 0) is 6.54 Å². The zero-order valence-electron chi connectivity index (χ0n) is 8.55. The lowest BCUT2D eigenvalue weighted by atomic mass is 10.2. The number of quaternary nitrogens is 1. The van der Waals surface area contributed by atoms with Crippen LogP contribution in [0.25, 0.3) is 0 Å². The lowest BCUT2D eigenvalue weighted by Gasteiger charge is -2.28. The van der Waals surface area contributed by atoms with Gasteiger partial charge in [0.15, 0.2) is 0 Å². The molecular weight excluding hydrogens is 273 g/mol. The van der Waals surface area contributed by atoms with Gasteiger partial charge in [-0.2, -0.15) is 0 Å². The summed E-state index contributed by atoms with van der Waals surface area (Å²) in [5.41, 5.74) is 1.45. The Morgan fingerprint density at radius 1 is 1.23 bits per heavy atom. The van der Waals surface area contributed by atoms with Crippen LogP contribution in [0.4, 0.5) is 0 Å². The second-order valence-corrected chi connectivity index (χ2v) is 5.16. The molecule has 0 amide bonds. The quantitative estimate of drug-likeness (QED) is 0.593. The molecule has 0 unspecified atom stereocenters.